The van der Waals surface area contributed by atoms with Crippen LogP contribution in [-0.2, 0) is 0 Å². The van der Waals surface area contributed by atoms with E-state index in [1.165, 1.54) is 186 Å². The Hall–Kier alpha value is -12.8. The molecule has 446 valence electrons. The average molecular weight is 1220 g/mol. The highest BCUT2D eigenvalue weighted by Gasteiger charge is 2.22. The molecule has 0 saturated heterocycles. The highest BCUT2D eigenvalue weighted by molar-refractivity contribution is 6.19. The third-order valence-corrected chi connectivity index (χ3v) is 20.4. The number of fused-ring (bicyclic) bond motifs is 19. The largest absolute Gasteiger partial charge is 0.309 e. The highest BCUT2D eigenvalue weighted by atomic mass is 15.0. The van der Waals surface area contributed by atoms with Crippen molar-refractivity contribution in [2.45, 2.75) is 0 Å². The summed E-state index contributed by atoms with van der Waals surface area (Å²) in [4.78, 5) is 0. The molecular formula is C92H58N4. The Labute approximate surface area is 552 Å². The third kappa shape index (κ3) is 8.22. The number of aromatic nitrogens is 4. The zero-order valence-corrected chi connectivity index (χ0v) is 52.3. The molecule has 0 aliphatic carbocycles. The molecule has 21 rings (SSSR count). The second kappa shape index (κ2) is 21.4. The van der Waals surface area contributed by atoms with Gasteiger partial charge < -0.3 is 18.3 Å². The first-order valence-corrected chi connectivity index (χ1v) is 33.1. The fourth-order valence-corrected chi connectivity index (χ4v) is 16.1. The molecule has 21 aromatic rings. The van der Waals surface area contributed by atoms with E-state index in [1.807, 2.05) is 0 Å². The van der Waals surface area contributed by atoms with E-state index in [-0.39, 0.29) is 0 Å². The van der Waals surface area contributed by atoms with Crippen molar-refractivity contribution in [1.82, 2.24) is 18.3 Å². The number of benzene rings is 17. The Kier molecular flexibility index (Phi) is 12.0. The molecule has 0 atom stereocenters. The highest BCUT2D eigenvalue weighted by Crippen LogP contribution is 2.44. The molecule has 4 aromatic heterocycles. The van der Waals surface area contributed by atoms with Gasteiger partial charge in [-0.15, -0.1) is 0 Å². The summed E-state index contributed by atoms with van der Waals surface area (Å²) in [6, 6.07) is 129. The SMILES string of the molecule is c1ccc(-n2c3ccccc3c3cc(-c4ccc5c(c4)c4ccccc4n5-c4cccc5ccccc45)ccc32)cc1.c1ccc2c(c1)cc(-n1c3ccccc3c3cc(-c4ccc5c(c4)c4ccccc4n5-c4cc5ccccc5c5ccccc45)ccc31)c1ccccc12. The van der Waals surface area contributed by atoms with Crippen molar-refractivity contribution in [3.05, 3.63) is 352 Å². The second-order valence-electron chi connectivity index (χ2n) is 25.5. The fraction of sp³-hybridized carbons (Fsp3) is 0. The van der Waals surface area contributed by atoms with Crippen molar-refractivity contribution in [1.29, 1.82) is 0 Å². The maximum atomic E-state index is 2.47. The summed E-state index contributed by atoms with van der Waals surface area (Å²) < 4.78 is 9.73. The summed E-state index contributed by atoms with van der Waals surface area (Å²) in [5.41, 5.74) is 19.4. The molecule has 4 heterocycles. The average Bonchev–Trinajstić information content (AvgIpc) is 1.58. The zero-order valence-electron chi connectivity index (χ0n) is 52.3. The molecule has 4 nitrogen and oxygen atoms in total. The zero-order chi connectivity index (χ0) is 63.0. The lowest BCUT2D eigenvalue weighted by molar-refractivity contribution is 1.18. The lowest BCUT2D eigenvalue weighted by atomic mass is 9.99. The summed E-state index contributed by atoms with van der Waals surface area (Å²) in [7, 11) is 0. The first kappa shape index (κ1) is 53.9. The Morgan fingerprint density at radius 1 is 0.135 bits per heavy atom. The molecule has 0 amide bonds. The number of rotatable bonds is 6. The minimum Gasteiger partial charge on any atom is -0.309 e. The molecule has 4 heteroatoms. The van der Waals surface area contributed by atoms with Crippen molar-refractivity contribution in [2.75, 3.05) is 0 Å². The minimum absolute atomic E-state index is 1.18. The number of hydrogen-bond donors (Lipinski definition) is 0. The monoisotopic (exact) mass is 1220 g/mol. The van der Waals surface area contributed by atoms with Crippen LogP contribution in [0.1, 0.15) is 0 Å². The van der Waals surface area contributed by atoms with E-state index in [0.29, 0.717) is 0 Å². The van der Waals surface area contributed by atoms with Gasteiger partial charge in [0.25, 0.3) is 0 Å². The van der Waals surface area contributed by atoms with Crippen LogP contribution >= 0.6 is 0 Å². The molecule has 0 saturated carbocycles. The quantitative estimate of drug-likeness (QED) is 0.148. The molecule has 0 fully saturated rings. The van der Waals surface area contributed by atoms with Crippen molar-refractivity contribution >= 4 is 141 Å². The first-order chi connectivity index (χ1) is 47.6. The maximum absolute atomic E-state index is 2.47. The molecule has 17 aromatic carbocycles. The van der Waals surface area contributed by atoms with E-state index in [2.05, 4.69) is 370 Å². The van der Waals surface area contributed by atoms with Crippen LogP contribution in [0.5, 0.6) is 0 Å². The molecule has 96 heavy (non-hydrogen) atoms. The second-order valence-corrected chi connectivity index (χ2v) is 25.5. The smallest absolute Gasteiger partial charge is 0.0546 e. The van der Waals surface area contributed by atoms with Crippen LogP contribution in [0.4, 0.5) is 0 Å². The van der Waals surface area contributed by atoms with Crippen LogP contribution in [0.15, 0.2) is 352 Å². The van der Waals surface area contributed by atoms with Crippen LogP contribution in [-0.4, -0.2) is 18.3 Å². The van der Waals surface area contributed by atoms with Gasteiger partial charge in [-0.25, -0.2) is 0 Å². The van der Waals surface area contributed by atoms with Gasteiger partial charge in [-0.3, -0.25) is 0 Å². The lowest BCUT2D eigenvalue weighted by Crippen LogP contribution is -1.96. The van der Waals surface area contributed by atoms with E-state index in [9.17, 15) is 0 Å². The van der Waals surface area contributed by atoms with E-state index in [4.69, 9.17) is 0 Å². The Morgan fingerprint density at radius 3 is 0.833 bits per heavy atom. The van der Waals surface area contributed by atoms with Gasteiger partial charge in [-0.1, -0.05) is 249 Å². The molecule has 0 bridgehead atoms. The maximum Gasteiger partial charge on any atom is 0.0546 e. The Bertz CT molecular complexity index is 6530. The summed E-state index contributed by atoms with van der Waals surface area (Å²) in [6.07, 6.45) is 0. The summed E-state index contributed by atoms with van der Waals surface area (Å²) in [6.45, 7) is 0. The van der Waals surface area contributed by atoms with Crippen molar-refractivity contribution in [3.63, 3.8) is 0 Å². The topological polar surface area (TPSA) is 19.7 Å². The van der Waals surface area contributed by atoms with Crippen LogP contribution in [0, 0.1) is 0 Å². The molecule has 0 spiro atoms. The Balaban J connectivity index is 0.000000135. The molecule has 0 unspecified atom stereocenters. The van der Waals surface area contributed by atoms with Crippen LogP contribution in [0.25, 0.3) is 186 Å². The molecule has 0 aliphatic rings. The molecule has 0 aliphatic heterocycles. The van der Waals surface area contributed by atoms with E-state index in [1.54, 1.807) is 0 Å². The first-order valence-electron chi connectivity index (χ1n) is 33.1. The third-order valence-electron chi connectivity index (χ3n) is 20.4. The lowest BCUT2D eigenvalue weighted by Gasteiger charge is -2.15. The van der Waals surface area contributed by atoms with E-state index in [0.717, 1.165) is 0 Å². The van der Waals surface area contributed by atoms with Crippen molar-refractivity contribution < 1.29 is 0 Å². The van der Waals surface area contributed by atoms with Crippen molar-refractivity contribution in [2.24, 2.45) is 0 Å². The van der Waals surface area contributed by atoms with Gasteiger partial charge in [-0.2, -0.15) is 0 Å². The summed E-state index contributed by atoms with van der Waals surface area (Å²) in [5.74, 6) is 0. The number of para-hydroxylation sites is 5. The van der Waals surface area contributed by atoms with Gasteiger partial charge in [0.15, 0.2) is 0 Å². The molecule has 0 radical (unpaired) electrons. The predicted octanol–water partition coefficient (Wildman–Crippen LogP) is 24.9. The number of hydrogen-bond acceptors (Lipinski definition) is 0. The minimum atomic E-state index is 1.18. The number of nitrogens with zero attached hydrogens (tertiary/aromatic N) is 4. The normalized spacial score (nSPS) is 12.0. The standard InChI is InChI=1S/C52H32N2.C40H26N2/c1-3-15-37-35(13-1)31-51(41-19-7-5-17-39(37)41)53-47-23-11-9-21-43(47)45-29-33(25-27-49(45)53)34-26-28-50-46(30-34)44-22-10-12-24-48(44)54(50)52-32-36-14-2-4-16-38(36)40-18-6-8-20-42(40)52;1-2-13-30(14-3-1)41-37-18-8-6-16-32(37)34-25-28(21-23-39(34)41)29-22-24-40-35(26-29)33-17-7-9-19-38(33)42(40)36-20-10-12-27-11-4-5-15-31(27)36/h1-32H;1-26H. The predicted molar refractivity (Wildman–Crippen MR) is 409 cm³/mol. The molecular weight excluding hydrogens is 1160 g/mol. The van der Waals surface area contributed by atoms with E-state index < -0.39 is 0 Å². The van der Waals surface area contributed by atoms with Gasteiger partial charge in [0.1, 0.15) is 0 Å². The van der Waals surface area contributed by atoms with E-state index >= 15 is 0 Å². The van der Waals surface area contributed by atoms with Crippen LogP contribution in [0.3, 0.4) is 0 Å². The van der Waals surface area contributed by atoms with Crippen molar-refractivity contribution in [3.8, 4) is 45.0 Å². The Morgan fingerprint density at radius 2 is 0.417 bits per heavy atom. The van der Waals surface area contributed by atoms with Gasteiger partial charge >= 0.3 is 0 Å². The molecule has 0 N–H and O–H groups in total. The fourth-order valence-electron chi connectivity index (χ4n) is 16.1. The van der Waals surface area contributed by atoms with Crippen LogP contribution < -0.4 is 0 Å². The van der Waals surface area contributed by atoms with Gasteiger partial charge in [0.2, 0.25) is 0 Å². The van der Waals surface area contributed by atoms with Gasteiger partial charge in [0.05, 0.1) is 61.2 Å². The summed E-state index contributed by atoms with van der Waals surface area (Å²) in [5, 5.41) is 22.7. The summed E-state index contributed by atoms with van der Waals surface area (Å²) >= 11 is 0. The van der Waals surface area contributed by atoms with Gasteiger partial charge in [0, 0.05) is 64.9 Å². The van der Waals surface area contributed by atoms with Crippen LogP contribution in [0.2, 0.25) is 0 Å². The van der Waals surface area contributed by atoms with Gasteiger partial charge in [-0.05, 0) is 163 Å².